The van der Waals surface area contributed by atoms with Crippen molar-refractivity contribution in [2.75, 3.05) is 19.0 Å². The van der Waals surface area contributed by atoms with Crippen LogP contribution in [-0.4, -0.2) is 36.6 Å². The number of aryl methyl sites for hydroxylation is 1. The third-order valence-electron chi connectivity index (χ3n) is 6.94. The molecule has 198 valence electrons. The van der Waals surface area contributed by atoms with Gasteiger partial charge in [-0.15, -0.1) is 0 Å². The molecule has 1 fully saturated rings. The van der Waals surface area contributed by atoms with E-state index in [1.807, 2.05) is 6.07 Å². The fraction of sp³-hybridized carbons (Fsp3) is 0.429. The molecular weight excluding hydrogens is 485 g/mol. The number of methoxy groups -OCH3 is 1. The average molecular weight is 517 g/mol. The van der Waals surface area contributed by atoms with E-state index >= 15 is 0 Å². The van der Waals surface area contributed by atoms with Gasteiger partial charge in [0.05, 0.1) is 18.7 Å². The van der Waals surface area contributed by atoms with Crippen LogP contribution in [0.5, 0.6) is 5.75 Å². The van der Waals surface area contributed by atoms with Crippen LogP contribution < -0.4 is 10.1 Å². The van der Waals surface area contributed by atoms with Crippen molar-refractivity contribution in [1.82, 2.24) is 4.90 Å². The average Bonchev–Trinajstić information content (AvgIpc) is 3.11. The van der Waals surface area contributed by atoms with Gasteiger partial charge >= 0.3 is 12.3 Å². The maximum atomic E-state index is 13.4. The predicted octanol–water partition coefficient (Wildman–Crippen LogP) is 6.89. The molecule has 2 aromatic rings. The largest absolute Gasteiger partial charge is 0.496 e. The number of benzene rings is 2. The number of hydrogen-bond donors (Lipinski definition) is 1. The summed E-state index contributed by atoms with van der Waals surface area (Å²) in [6.07, 6.45) is -2.37. The van der Waals surface area contributed by atoms with Crippen molar-refractivity contribution < 1.29 is 32.2 Å². The van der Waals surface area contributed by atoms with Gasteiger partial charge in [-0.1, -0.05) is 11.6 Å². The molecule has 0 saturated carbocycles. The lowest BCUT2D eigenvalue weighted by Crippen LogP contribution is -2.34. The highest BCUT2D eigenvalue weighted by molar-refractivity contribution is 5.90. The van der Waals surface area contributed by atoms with Gasteiger partial charge in [-0.2, -0.15) is 13.2 Å². The van der Waals surface area contributed by atoms with E-state index < -0.39 is 30.0 Å². The van der Waals surface area contributed by atoms with Crippen molar-refractivity contribution in [2.45, 2.75) is 64.8 Å². The number of carbonyl (C=O) groups excluding carboxylic acids is 2. The van der Waals surface area contributed by atoms with Crippen LogP contribution in [0.15, 0.2) is 42.0 Å². The van der Waals surface area contributed by atoms with Crippen molar-refractivity contribution in [3.05, 3.63) is 64.2 Å². The Balaban J connectivity index is 1.66. The Labute approximate surface area is 214 Å². The minimum Gasteiger partial charge on any atom is -0.496 e. The number of ether oxygens (including phenoxy) is 2. The van der Waals surface area contributed by atoms with E-state index in [4.69, 9.17) is 9.47 Å². The van der Waals surface area contributed by atoms with Crippen LogP contribution in [0.25, 0.3) is 5.57 Å². The standard InChI is InChI=1S/C28H31F3N2O4/c1-16-11-20(13-21(12-16)28(29,30)31)26-17(2)33(27(35)37-26)15-19-7-5-6-8-23(19)24-14-22(32-18(3)34)9-10-25(24)36-4/h9-14,17,26H,5-8,15H2,1-4H3,(H,32,34)/t17-,26-/m0/s1. The molecule has 0 bridgehead atoms. The molecule has 1 aliphatic carbocycles. The molecule has 0 aromatic heterocycles. The quantitative estimate of drug-likeness (QED) is 0.454. The molecule has 0 radical (unpaired) electrons. The van der Waals surface area contributed by atoms with Crippen LogP contribution in [0.4, 0.5) is 23.7 Å². The fourth-order valence-electron chi connectivity index (χ4n) is 5.20. The van der Waals surface area contributed by atoms with E-state index in [-0.39, 0.29) is 5.91 Å². The molecule has 0 unspecified atom stereocenters. The van der Waals surface area contributed by atoms with E-state index in [2.05, 4.69) is 5.32 Å². The summed E-state index contributed by atoms with van der Waals surface area (Å²) in [4.78, 5) is 26.1. The SMILES string of the molecule is COc1ccc(NC(C)=O)cc1C1=C(CN2C(=O)O[C@H](c3cc(C)cc(C(F)(F)F)c3)[C@@H]2C)CCCC1. The van der Waals surface area contributed by atoms with Gasteiger partial charge in [0.1, 0.15) is 11.9 Å². The van der Waals surface area contributed by atoms with Gasteiger partial charge in [0.2, 0.25) is 5.91 Å². The van der Waals surface area contributed by atoms with Crippen molar-refractivity contribution in [2.24, 2.45) is 0 Å². The van der Waals surface area contributed by atoms with Gasteiger partial charge in [-0.05, 0) is 86.6 Å². The highest BCUT2D eigenvalue weighted by atomic mass is 19.4. The van der Waals surface area contributed by atoms with Crippen LogP contribution >= 0.6 is 0 Å². The van der Waals surface area contributed by atoms with Gasteiger partial charge in [0.15, 0.2) is 0 Å². The molecule has 2 aromatic carbocycles. The third kappa shape index (κ3) is 5.76. The van der Waals surface area contributed by atoms with Crippen molar-refractivity contribution in [1.29, 1.82) is 0 Å². The maximum Gasteiger partial charge on any atom is 0.416 e. The van der Waals surface area contributed by atoms with Crippen molar-refractivity contribution in [3.63, 3.8) is 0 Å². The Morgan fingerprint density at radius 1 is 1.16 bits per heavy atom. The number of cyclic esters (lactones) is 1. The number of carbonyl (C=O) groups is 2. The Morgan fingerprint density at radius 2 is 1.89 bits per heavy atom. The van der Waals surface area contributed by atoms with Crippen LogP contribution in [0.1, 0.15) is 67.9 Å². The van der Waals surface area contributed by atoms with Gasteiger partial charge in [0, 0.05) is 24.7 Å². The van der Waals surface area contributed by atoms with Crippen LogP contribution in [0.3, 0.4) is 0 Å². The smallest absolute Gasteiger partial charge is 0.416 e. The van der Waals surface area contributed by atoms with Crippen LogP contribution in [0, 0.1) is 6.92 Å². The highest BCUT2D eigenvalue weighted by Crippen LogP contribution is 2.41. The molecule has 1 N–H and O–H groups in total. The molecule has 1 saturated heterocycles. The fourth-order valence-corrected chi connectivity index (χ4v) is 5.20. The number of alkyl halides is 3. The number of amides is 2. The Bertz CT molecular complexity index is 1240. The number of anilines is 1. The highest BCUT2D eigenvalue weighted by Gasteiger charge is 2.41. The molecule has 6 nitrogen and oxygen atoms in total. The van der Waals surface area contributed by atoms with Crippen molar-refractivity contribution in [3.8, 4) is 5.75 Å². The lowest BCUT2D eigenvalue weighted by molar-refractivity contribution is -0.137. The molecule has 37 heavy (non-hydrogen) atoms. The van der Waals surface area contributed by atoms with Gasteiger partial charge < -0.3 is 14.8 Å². The molecule has 2 amide bonds. The summed E-state index contributed by atoms with van der Waals surface area (Å²) in [7, 11) is 1.58. The normalized spacial score (nSPS) is 20.2. The van der Waals surface area contributed by atoms with E-state index in [1.54, 1.807) is 44.1 Å². The first-order valence-corrected chi connectivity index (χ1v) is 12.3. The van der Waals surface area contributed by atoms with Crippen molar-refractivity contribution >= 4 is 23.3 Å². The van der Waals surface area contributed by atoms with Gasteiger partial charge in [-0.3, -0.25) is 9.69 Å². The summed E-state index contributed by atoms with van der Waals surface area (Å²) in [6.45, 7) is 5.14. The second-order valence-electron chi connectivity index (χ2n) is 9.69. The Kier molecular flexibility index (Phi) is 7.52. The first-order valence-electron chi connectivity index (χ1n) is 12.3. The summed E-state index contributed by atoms with van der Waals surface area (Å²) < 4.78 is 51.4. The van der Waals surface area contributed by atoms with Crippen LogP contribution in [0.2, 0.25) is 0 Å². The lowest BCUT2D eigenvalue weighted by atomic mass is 9.86. The number of nitrogens with one attached hydrogen (secondary N) is 1. The Hall–Kier alpha value is -3.49. The third-order valence-corrected chi connectivity index (χ3v) is 6.94. The maximum absolute atomic E-state index is 13.4. The van der Waals surface area contributed by atoms with E-state index in [1.165, 1.54) is 6.92 Å². The van der Waals surface area contributed by atoms with Gasteiger partial charge in [-0.25, -0.2) is 4.79 Å². The zero-order valence-corrected chi connectivity index (χ0v) is 21.4. The summed E-state index contributed by atoms with van der Waals surface area (Å²) in [6, 6.07) is 8.78. The van der Waals surface area contributed by atoms with E-state index in [9.17, 15) is 22.8 Å². The first kappa shape index (κ1) is 26.6. The number of nitrogens with zero attached hydrogens (tertiary/aromatic N) is 1. The number of allylic oxidation sites excluding steroid dienone is 1. The van der Waals surface area contributed by atoms with E-state index in [0.717, 1.165) is 54.5 Å². The lowest BCUT2D eigenvalue weighted by Gasteiger charge is -2.28. The zero-order valence-electron chi connectivity index (χ0n) is 21.4. The van der Waals surface area contributed by atoms with Gasteiger partial charge in [0.25, 0.3) is 0 Å². The van der Waals surface area contributed by atoms with Crippen LogP contribution in [-0.2, 0) is 15.7 Å². The summed E-state index contributed by atoms with van der Waals surface area (Å²) in [5.41, 5.74) is 3.63. The molecule has 0 spiro atoms. The van der Waals surface area contributed by atoms with E-state index in [0.29, 0.717) is 29.1 Å². The number of hydrogen-bond acceptors (Lipinski definition) is 4. The summed E-state index contributed by atoms with van der Waals surface area (Å²) >= 11 is 0. The Morgan fingerprint density at radius 3 is 2.57 bits per heavy atom. The molecule has 4 rings (SSSR count). The second-order valence-corrected chi connectivity index (χ2v) is 9.69. The molecule has 2 aliphatic rings. The molecule has 1 aliphatic heterocycles. The molecule has 1 heterocycles. The number of halogens is 3. The monoisotopic (exact) mass is 516 g/mol. The molecular formula is C28H31F3N2O4. The summed E-state index contributed by atoms with van der Waals surface area (Å²) in [5.74, 6) is 0.483. The minimum atomic E-state index is -4.49. The molecule has 2 atom stereocenters. The summed E-state index contributed by atoms with van der Waals surface area (Å²) in [5, 5.41) is 2.80. The second kappa shape index (κ2) is 10.5. The predicted molar refractivity (Wildman–Crippen MR) is 134 cm³/mol. The number of rotatable bonds is 6. The molecule has 9 heteroatoms. The first-order chi connectivity index (χ1) is 17.5. The topological polar surface area (TPSA) is 67.9 Å². The minimum absolute atomic E-state index is 0.182. The zero-order chi connectivity index (χ0) is 26.9.